The molecule has 4 nitrogen and oxygen atoms in total. The second-order valence-electron chi connectivity index (χ2n) is 4.21. The molecule has 1 unspecified atom stereocenters. The molecule has 1 N–H and O–H groups in total. The summed E-state index contributed by atoms with van der Waals surface area (Å²) in [6.07, 6.45) is -0.121. The van der Waals surface area contributed by atoms with Gasteiger partial charge >= 0.3 is 5.97 Å². The summed E-state index contributed by atoms with van der Waals surface area (Å²) in [6.45, 7) is 5.53. The SMILES string of the molecule is CN1C(=O)C(C)(CC(=O)O)SC1(C)C. The van der Waals surface area contributed by atoms with Crippen LogP contribution in [-0.4, -0.2) is 38.5 Å². The van der Waals surface area contributed by atoms with Gasteiger partial charge in [0.1, 0.15) is 4.75 Å². The second-order valence-corrected chi connectivity index (χ2v) is 6.32. The molecule has 1 aliphatic heterocycles. The molecular weight excluding hydrogens is 202 g/mol. The van der Waals surface area contributed by atoms with Crippen molar-refractivity contribution >= 4 is 23.6 Å². The van der Waals surface area contributed by atoms with Gasteiger partial charge in [-0.25, -0.2) is 0 Å². The van der Waals surface area contributed by atoms with Crippen LogP contribution in [0.2, 0.25) is 0 Å². The summed E-state index contributed by atoms with van der Waals surface area (Å²) in [5.74, 6) is -1.03. The highest BCUT2D eigenvalue weighted by Crippen LogP contribution is 2.48. The topological polar surface area (TPSA) is 57.6 Å². The maximum absolute atomic E-state index is 11.8. The maximum atomic E-state index is 11.8. The first-order chi connectivity index (χ1) is 6.19. The lowest BCUT2D eigenvalue weighted by Crippen LogP contribution is -2.40. The molecule has 0 saturated carbocycles. The van der Waals surface area contributed by atoms with Crippen LogP contribution in [0.4, 0.5) is 0 Å². The fourth-order valence-corrected chi connectivity index (χ4v) is 3.41. The third-order valence-electron chi connectivity index (χ3n) is 2.53. The van der Waals surface area contributed by atoms with E-state index in [1.54, 1.807) is 18.9 Å². The molecule has 80 valence electrons. The van der Waals surface area contributed by atoms with Crippen LogP contribution in [-0.2, 0) is 9.59 Å². The molecule has 1 atom stereocenters. The summed E-state index contributed by atoms with van der Waals surface area (Å²) >= 11 is 1.41. The summed E-state index contributed by atoms with van der Waals surface area (Å²) in [4.78, 5) is 23.8. The lowest BCUT2D eigenvalue weighted by molar-refractivity contribution is -0.142. The number of carbonyl (C=O) groups excluding carboxylic acids is 1. The average molecular weight is 217 g/mol. The zero-order valence-corrected chi connectivity index (χ0v) is 9.64. The van der Waals surface area contributed by atoms with Gasteiger partial charge in [-0.3, -0.25) is 9.59 Å². The molecule has 0 spiro atoms. The molecule has 1 aliphatic rings. The highest BCUT2D eigenvalue weighted by Gasteiger charge is 2.52. The van der Waals surface area contributed by atoms with Crippen molar-refractivity contribution in [2.75, 3.05) is 7.05 Å². The number of amides is 1. The first kappa shape index (κ1) is 11.4. The van der Waals surface area contributed by atoms with Crippen LogP contribution < -0.4 is 0 Å². The molecule has 0 bridgehead atoms. The van der Waals surface area contributed by atoms with E-state index in [0.29, 0.717) is 0 Å². The van der Waals surface area contributed by atoms with Gasteiger partial charge in [0.05, 0.1) is 11.3 Å². The molecule has 5 heteroatoms. The van der Waals surface area contributed by atoms with E-state index in [1.807, 2.05) is 13.8 Å². The smallest absolute Gasteiger partial charge is 0.305 e. The Hall–Kier alpha value is -0.710. The van der Waals surface area contributed by atoms with E-state index in [1.165, 1.54) is 11.8 Å². The van der Waals surface area contributed by atoms with E-state index in [2.05, 4.69) is 0 Å². The molecular formula is C9H15NO3S. The van der Waals surface area contributed by atoms with Gasteiger partial charge in [0, 0.05) is 7.05 Å². The van der Waals surface area contributed by atoms with Crippen molar-refractivity contribution in [2.24, 2.45) is 0 Å². The van der Waals surface area contributed by atoms with Crippen LogP contribution in [0.3, 0.4) is 0 Å². The van der Waals surface area contributed by atoms with E-state index in [0.717, 1.165) is 0 Å². The third-order valence-corrected chi connectivity index (χ3v) is 4.07. The van der Waals surface area contributed by atoms with Crippen molar-refractivity contribution in [1.29, 1.82) is 0 Å². The van der Waals surface area contributed by atoms with Crippen molar-refractivity contribution < 1.29 is 14.7 Å². The lowest BCUT2D eigenvalue weighted by atomic mass is 10.1. The van der Waals surface area contributed by atoms with E-state index in [9.17, 15) is 9.59 Å². The molecule has 14 heavy (non-hydrogen) atoms. The quantitative estimate of drug-likeness (QED) is 0.754. The molecule has 1 amide bonds. The molecule has 0 aromatic rings. The minimum Gasteiger partial charge on any atom is -0.481 e. The third kappa shape index (κ3) is 1.73. The van der Waals surface area contributed by atoms with E-state index < -0.39 is 10.7 Å². The van der Waals surface area contributed by atoms with E-state index >= 15 is 0 Å². The molecule has 1 fully saturated rings. The Morgan fingerprint density at radius 1 is 1.50 bits per heavy atom. The Labute approximate surface area is 87.7 Å². The van der Waals surface area contributed by atoms with Crippen LogP contribution in [0.1, 0.15) is 27.2 Å². The van der Waals surface area contributed by atoms with Crippen LogP contribution in [0.25, 0.3) is 0 Å². The van der Waals surface area contributed by atoms with Gasteiger partial charge in [-0.05, 0) is 20.8 Å². The van der Waals surface area contributed by atoms with E-state index in [4.69, 9.17) is 5.11 Å². The number of carboxylic acid groups (broad SMARTS) is 1. The molecule has 1 saturated heterocycles. The van der Waals surface area contributed by atoms with Gasteiger partial charge < -0.3 is 10.0 Å². The highest BCUT2D eigenvalue weighted by atomic mass is 32.2. The van der Waals surface area contributed by atoms with Crippen molar-refractivity contribution in [3.8, 4) is 0 Å². The van der Waals surface area contributed by atoms with E-state index in [-0.39, 0.29) is 17.2 Å². The first-order valence-corrected chi connectivity index (χ1v) is 5.21. The van der Waals surface area contributed by atoms with Gasteiger partial charge in [-0.15, -0.1) is 11.8 Å². The molecule has 1 heterocycles. The van der Waals surface area contributed by atoms with Crippen molar-refractivity contribution in [3.63, 3.8) is 0 Å². The normalized spacial score (nSPS) is 30.9. The van der Waals surface area contributed by atoms with Gasteiger partial charge in [0.25, 0.3) is 0 Å². The van der Waals surface area contributed by atoms with Crippen molar-refractivity contribution in [2.45, 2.75) is 36.8 Å². The summed E-state index contributed by atoms with van der Waals surface area (Å²) in [7, 11) is 1.71. The van der Waals surface area contributed by atoms with Crippen molar-refractivity contribution in [3.05, 3.63) is 0 Å². The summed E-state index contributed by atoms with van der Waals surface area (Å²) in [5.41, 5.74) is 0. The van der Waals surface area contributed by atoms with Gasteiger partial charge in [0.2, 0.25) is 5.91 Å². The Morgan fingerprint density at radius 2 is 2.00 bits per heavy atom. The van der Waals surface area contributed by atoms with Gasteiger partial charge in [-0.1, -0.05) is 0 Å². The number of rotatable bonds is 2. The summed E-state index contributed by atoms with van der Waals surface area (Å²) < 4.78 is -0.815. The number of nitrogens with zero attached hydrogens (tertiary/aromatic N) is 1. The Morgan fingerprint density at radius 3 is 2.29 bits per heavy atom. The average Bonchev–Trinajstić information content (AvgIpc) is 2.10. The molecule has 0 aromatic heterocycles. The fourth-order valence-electron chi connectivity index (χ4n) is 1.66. The minimum absolute atomic E-state index is 0.102. The standard InChI is InChI=1S/C9H15NO3S/c1-8(2)10(4)7(13)9(3,14-8)5-6(11)12/h5H2,1-4H3,(H,11,12). The Bertz CT molecular complexity index is 290. The zero-order valence-electron chi connectivity index (χ0n) is 8.83. The number of hydrogen-bond acceptors (Lipinski definition) is 3. The Balaban J connectivity index is 2.94. The predicted octanol–water partition coefficient (Wildman–Crippen LogP) is 1.16. The second kappa shape index (κ2) is 3.15. The summed E-state index contributed by atoms with van der Waals surface area (Å²) in [6, 6.07) is 0. The minimum atomic E-state index is -0.931. The first-order valence-electron chi connectivity index (χ1n) is 4.39. The largest absolute Gasteiger partial charge is 0.481 e. The molecule has 0 aliphatic carbocycles. The summed E-state index contributed by atoms with van der Waals surface area (Å²) in [5, 5.41) is 8.73. The lowest BCUT2D eigenvalue weighted by Gasteiger charge is -2.25. The number of carbonyl (C=O) groups is 2. The Kier molecular flexibility index (Phi) is 2.56. The van der Waals surface area contributed by atoms with Gasteiger partial charge in [-0.2, -0.15) is 0 Å². The predicted molar refractivity (Wildman–Crippen MR) is 55.1 cm³/mol. The fraction of sp³-hybridized carbons (Fsp3) is 0.778. The van der Waals surface area contributed by atoms with Crippen LogP contribution >= 0.6 is 11.8 Å². The highest BCUT2D eigenvalue weighted by molar-refractivity contribution is 8.03. The molecule has 0 aromatic carbocycles. The van der Waals surface area contributed by atoms with Crippen LogP contribution in [0, 0.1) is 0 Å². The van der Waals surface area contributed by atoms with Gasteiger partial charge in [0.15, 0.2) is 0 Å². The molecule has 1 rings (SSSR count). The molecule has 0 radical (unpaired) electrons. The zero-order chi connectivity index (χ0) is 11.1. The number of thioether (sulfide) groups is 1. The van der Waals surface area contributed by atoms with Crippen molar-refractivity contribution in [1.82, 2.24) is 4.90 Å². The number of carboxylic acids is 1. The van der Waals surface area contributed by atoms with Crippen LogP contribution in [0.5, 0.6) is 0 Å². The maximum Gasteiger partial charge on any atom is 0.305 e. The number of aliphatic carboxylic acids is 1. The van der Waals surface area contributed by atoms with Crippen LogP contribution in [0.15, 0.2) is 0 Å². The monoisotopic (exact) mass is 217 g/mol. The number of hydrogen-bond donors (Lipinski definition) is 1.